The number of aliphatic hydroxyl groups excluding tert-OH is 1. The van der Waals surface area contributed by atoms with Crippen LogP contribution < -0.4 is 4.90 Å². The van der Waals surface area contributed by atoms with Gasteiger partial charge in [0.05, 0.1) is 13.2 Å². The molecule has 0 unspecified atom stereocenters. The molecule has 7 heteroatoms. The van der Waals surface area contributed by atoms with Gasteiger partial charge in [-0.25, -0.2) is 9.97 Å². The second kappa shape index (κ2) is 8.10. The number of carbonyl (C=O) groups is 1. The van der Waals surface area contributed by atoms with Crippen LogP contribution >= 0.6 is 0 Å². The van der Waals surface area contributed by atoms with E-state index in [1.54, 1.807) is 4.90 Å². The fourth-order valence-corrected chi connectivity index (χ4v) is 3.52. The summed E-state index contributed by atoms with van der Waals surface area (Å²) in [7, 11) is 0. The smallest absolute Gasteiger partial charge is 0.251 e. The van der Waals surface area contributed by atoms with E-state index in [9.17, 15) is 9.90 Å². The Bertz CT molecular complexity index is 596. The van der Waals surface area contributed by atoms with Crippen molar-refractivity contribution in [3.63, 3.8) is 0 Å². The number of likely N-dealkylation sites (tertiary alicyclic amines) is 1. The maximum absolute atomic E-state index is 12.1. The first kappa shape index (κ1) is 18.1. The predicted octanol–water partition coefficient (Wildman–Crippen LogP) is 1.10. The van der Waals surface area contributed by atoms with Gasteiger partial charge in [0.25, 0.3) is 5.91 Å². The number of aromatic nitrogens is 2. The lowest BCUT2D eigenvalue weighted by atomic mass is 9.92. The summed E-state index contributed by atoms with van der Waals surface area (Å²) in [6.45, 7) is 8.30. The fourth-order valence-electron chi connectivity index (χ4n) is 3.52. The van der Waals surface area contributed by atoms with Crippen LogP contribution in [-0.2, 0) is 9.53 Å². The zero-order valence-electron chi connectivity index (χ0n) is 15.1. The fraction of sp³-hybridized carbons (Fsp3) is 0.722. The van der Waals surface area contributed by atoms with Crippen LogP contribution in [0.15, 0.2) is 6.07 Å². The Morgan fingerprint density at radius 1 is 1.28 bits per heavy atom. The van der Waals surface area contributed by atoms with Crippen LogP contribution in [0.2, 0.25) is 0 Å². The van der Waals surface area contributed by atoms with Crippen LogP contribution in [0.4, 0.5) is 5.82 Å². The van der Waals surface area contributed by atoms with Gasteiger partial charge in [0, 0.05) is 43.9 Å². The molecule has 1 N–H and O–H groups in total. The molecule has 0 spiro atoms. The van der Waals surface area contributed by atoms with Crippen LogP contribution in [0, 0.1) is 6.92 Å². The highest BCUT2D eigenvalue weighted by Crippen LogP contribution is 2.29. The van der Waals surface area contributed by atoms with Crippen LogP contribution in [0.3, 0.4) is 0 Å². The number of anilines is 1. The van der Waals surface area contributed by atoms with Crippen molar-refractivity contribution in [1.82, 2.24) is 14.9 Å². The quantitative estimate of drug-likeness (QED) is 0.878. The highest BCUT2D eigenvalue weighted by Gasteiger charge is 2.28. The van der Waals surface area contributed by atoms with Crippen molar-refractivity contribution in [3.05, 3.63) is 17.6 Å². The topological polar surface area (TPSA) is 78.8 Å². The molecule has 2 aliphatic heterocycles. The summed E-state index contributed by atoms with van der Waals surface area (Å²) in [6, 6.07) is 2.10. The molecule has 25 heavy (non-hydrogen) atoms. The van der Waals surface area contributed by atoms with E-state index < -0.39 is 6.10 Å². The summed E-state index contributed by atoms with van der Waals surface area (Å²) in [5, 5.41) is 9.75. The average molecular weight is 348 g/mol. The van der Waals surface area contributed by atoms with E-state index in [-0.39, 0.29) is 5.91 Å². The molecule has 1 atom stereocenters. The summed E-state index contributed by atoms with van der Waals surface area (Å²) in [5.41, 5.74) is 1.07. The maximum atomic E-state index is 12.1. The third-order valence-corrected chi connectivity index (χ3v) is 5.08. The zero-order chi connectivity index (χ0) is 17.8. The van der Waals surface area contributed by atoms with Crippen molar-refractivity contribution in [3.8, 4) is 0 Å². The number of hydrogen-bond acceptors (Lipinski definition) is 6. The van der Waals surface area contributed by atoms with E-state index >= 15 is 0 Å². The van der Waals surface area contributed by atoms with Crippen LogP contribution in [0.5, 0.6) is 0 Å². The molecule has 1 amide bonds. The molecule has 1 aromatic heterocycles. The first-order valence-corrected chi connectivity index (χ1v) is 9.23. The van der Waals surface area contributed by atoms with Gasteiger partial charge in [-0.05, 0) is 26.2 Å². The van der Waals surface area contributed by atoms with E-state index in [0.29, 0.717) is 25.4 Å². The van der Waals surface area contributed by atoms with Gasteiger partial charge in [0.15, 0.2) is 0 Å². The van der Waals surface area contributed by atoms with Crippen LogP contribution in [0.25, 0.3) is 0 Å². The van der Waals surface area contributed by atoms with E-state index in [1.165, 1.54) is 0 Å². The Morgan fingerprint density at radius 2 is 1.96 bits per heavy atom. The third kappa shape index (κ3) is 4.27. The van der Waals surface area contributed by atoms with Gasteiger partial charge in [-0.2, -0.15) is 0 Å². The molecule has 0 aromatic carbocycles. The zero-order valence-corrected chi connectivity index (χ0v) is 15.1. The third-order valence-electron chi connectivity index (χ3n) is 5.08. The number of nitrogens with zero attached hydrogens (tertiary/aromatic N) is 4. The molecular weight excluding hydrogens is 320 g/mol. The SMILES string of the molecule is CC[C@@H](O)C(=O)N1CCC(c2cc(N3CCOCC3)nc(C)n2)CC1. The Kier molecular flexibility index (Phi) is 5.86. The van der Waals surface area contributed by atoms with Gasteiger partial charge < -0.3 is 19.6 Å². The molecule has 2 fully saturated rings. The number of piperidine rings is 1. The number of rotatable bonds is 4. The summed E-state index contributed by atoms with van der Waals surface area (Å²) in [4.78, 5) is 25.4. The lowest BCUT2D eigenvalue weighted by Gasteiger charge is -2.33. The minimum atomic E-state index is -0.870. The average Bonchev–Trinajstić information content (AvgIpc) is 2.67. The molecule has 0 bridgehead atoms. The van der Waals surface area contributed by atoms with Crippen molar-refractivity contribution < 1.29 is 14.6 Å². The van der Waals surface area contributed by atoms with Gasteiger partial charge >= 0.3 is 0 Å². The molecule has 3 rings (SSSR count). The first-order valence-electron chi connectivity index (χ1n) is 9.23. The minimum Gasteiger partial charge on any atom is -0.383 e. The highest BCUT2D eigenvalue weighted by molar-refractivity contribution is 5.80. The Labute approximate surface area is 149 Å². The lowest BCUT2D eigenvalue weighted by molar-refractivity contribution is -0.141. The number of aliphatic hydroxyl groups is 1. The second-order valence-electron chi connectivity index (χ2n) is 6.82. The Hall–Kier alpha value is -1.73. The standard InChI is InChI=1S/C18H28N4O3/c1-3-16(23)18(24)22-6-4-14(5-7-22)15-12-17(20-13(2)19-15)21-8-10-25-11-9-21/h12,14,16,23H,3-11H2,1-2H3/t16-/m1/s1. The lowest BCUT2D eigenvalue weighted by Crippen LogP contribution is -2.43. The predicted molar refractivity (Wildman–Crippen MR) is 94.7 cm³/mol. The van der Waals surface area contributed by atoms with E-state index in [1.807, 2.05) is 13.8 Å². The second-order valence-corrected chi connectivity index (χ2v) is 6.82. The van der Waals surface area contributed by atoms with Gasteiger partial charge in [0.2, 0.25) is 0 Å². The number of hydrogen-bond donors (Lipinski definition) is 1. The minimum absolute atomic E-state index is 0.145. The summed E-state index contributed by atoms with van der Waals surface area (Å²) >= 11 is 0. The number of morpholine rings is 1. The van der Waals surface area contributed by atoms with Crippen molar-refractivity contribution >= 4 is 11.7 Å². The summed E-state index contributed by atoms with van der Waals surface area (Å²) in [5.74, 6) is 1.96. The molecular formula is C18H28N4O3. The monoisotopic (exact) mass is 348 g/mol. The molecule has 2 saturated heterocycles. The number of aryl methyl sites for hydroxylation is 1. The maximum Gasteiger partial charge on any atom is 0.251 e. The molecule has 3 heterocycles. The van der Waals surface area contributed by atoms with Gasteiger partial charge in [-0.3, -0.25) is 4.79 Å². The van der Waals surface area contributed by atoms with E-state index in [4.69, 9.17) is 4.74 Å². The normalized spacial score (nSPS) is 20.6. The molecule has 0 radical (unpaired) electrons. The summed E-state index contributed by atoms with van der Waals surface area (Å²) < 4.78 is 5.42. The van der Waals surface area contributed by atoms with Crippen LogP contribution in [-0.4, -0.2) is 71.4 Å². The molecule has 7 nitrogen and oxygen atoms in total. The van der Waals surface area contributed by atoms with Gasteiger partial charge in [-0.1, -0.05) is 6.92 Å². The van der Waals surface area contributed by atoms with E-state index in [2.05, 4.69) is 20.9 Å². The highest BCUT2D eigenvalue weighted by atomic mass is 16.5. The van der Waals surface area contributed by atoms with E-state index in [0.717, 1.165) is 56.5 Å². The van der Waals surface area contributed by atoms with Crippen molar-refractivity contribution in [1.29, 1.82) is 0 Å². The van der Waals surface area contributed by atoms with Gasteiger partial charge in [-0.15, -0.1) is 0 Å². The molecule has 2 aliphatic rings. The number of carbonyl (C=O) groups excluding carboxylic acids is 1. The molecule has 1 aromatic rings. The summed E-state index contributed by atoms with van der Waals surface area (Å²) in [6.07, 6.45) is 1.35. The Morgan fingerprint density at radius 3 is 2.60 bits per heavy atom. The largest absolute Gasteiger partial charge is 0.383 e. The van der Waals surface area contributed by atoms with Crippen molar-refractivity contribution in [2.45, 2.75) is 45.1 Å². The Balaban J connectivity index is 1.66. The molecule has 0 saturated carbocycles. The molecule has 0 aliphatic carbocycles. The van der Waals surface area contributed by atoms with Crippen LogP contribution in [0.1, 0.15) is 43.6 Å². The molecule has 138 valence electrons. The van der Waals surface area contributed by atoms with Crippen molar-refractivity contribution in [2.75, 3.05) is 44.3 Å². The first-order chi connectivity index (χ1) is 12.1. The van der Waals surface area contributed by atoms with Gasteiger partial charge in [0.1, 0.15) is 17.7 Å². The number of amides is 1. The van der Waals surface area contributed by atoms with Crippen molar-refractivity contribution in [2.24, 2.45) is 0 Å². The number of ether oxygens (including phenoxy) is 1.